The summed E-state index contributed by atoms with van der Waals surface area (Å²) in [5.41, 5.74) is 6.35. The fraction of sp³-hybridized carbons (Fsp3) is 0.500. The molecule has 110 valence electrons. The predicted octanol–water partition coefficient (Wildman–Crippen LogP) is 1.46. The van der Waals surface area contributed by atoms with Gasteiger partial charge in [-0.15, -0.1) is 0 Å². The fourth-order valence-corrected chi connectivity index (χ4v) is 2.20. The number of carbonyl (C=O) groups is 1. The van der Waals surface area contributed by atoms with Crippen molar-refractivity contribution < 1.29 is 13.9 Å². The summed E-state index contributed by atoms with van der Waals surface area (Å²) in [5, 5.41) is 2.74. The SMILES string of the molecule is CC(C(=O)Nc1ccc(F)cc1N)N1CCCOCC1. The zero-order chi connectivity index (χ0) is 14.5. The quantitative estimate of drug-likeness (QED) is 0.823. The Hall–Kier alpha value is -1.66. The van der Waals surface area contributed by atoms with Gasteiger partial charge in [-0.3, -0.25) is 9.69 Å². The van der Waals surface area contributed by atoms with Gasteiger partial charge in [-0.25, -0.2) is 4.39 Å². The molecule has 1 unspecified atom stereocenters. The monoisotopic (exact) mass is 281 g/mol. The molecule has 1 fully saturated rings. The molecule has 6 heteroatoms. The van der Waals surface area contributed by atoms with Crippen LogP contribution in [0.5, 0.6) is 0 Å². The Morgan fingerprint density at radius 3 is 3.00 bits per heavy atom. The molecule has 3 N–H and O–H groups in total. The lowest BCUT2D eigenvalue weighted by Gasteiger charge is -2.26. The normalized spacial score (nSPS) is 18.3. The predicted molar refractivity (Wildman–Crippen MR) is 75.9 cm³/mol. The number of amides is 1. The highest BCUT2D eigenvalue weighted by Gasteiger charge is 2.22. The van der Waals surface area contributed by atoms with E-state index in [1.807, 2.05) is 6.92 Å². The van der Waals surface area contributed by atoms with Crippen molar-refractivity contribution in [1.82, 2.24) is 4.90 Å². The molecule has 1 heterocycles. The van der Waals surface area contributed by atoms with Crippen LogP contribution in [0, 0.1) is 5.82 Å². The summed E-state index contributed by atoms with van der Waals surface area (Å²) in [4.78, 5) is 14.3. The van der Waals surface area contributed by atoms with Gasteiger partial charge >= 0.3 is 0 Å². The molecule has 0 aliphatic carbocycles. The van der Waals surface area contributed by atoms with E-state index in [9.17, 15) is 9.18 Å². The summed E-state index contributed by atoms with van der Waals surface area (Å²) in [6, 6.07) is 3.67. The minimum atomic E-state index is -0.418. The third kappa shape index (κ3) is 3.68. The van der Waals surface area contributed by atoms with Crippen LogP contribution in [0.3, 0.4) is 0 Å². The van der Waals surface area contributed by atoms with E-state index in [4.69, 9.17) is 10.5 Å². The molecule has 5 nitrogen and oxygen atoms in total. The van der Waals surface area contributed by atoms with Crippen molar-refractivity contribution in [3.63, 3.8) is 0 Å². The summed E-state index contributed by atoms with van der Waals surface area (Å²) in [5.74, 6) is -0.566. The van der Waals surface area contributed by atoms with Crippen LogP contribution >= 0.6 is 0 Å². The molecule has 1 atom stereocenters. The second-order valence-corrected chi connectivity index (χ2v) is 4.90. The maximum Gasteiger partial charge on any atom is 0.241 e. The molecule has 1 amide bonds. The summed E-state index contributed by atoms with van der Waals surface area (Å²) in [6.45, 7) is 4.77. The van der Waals surface area contributed by atoms with E-state index in [2.05, 4.69) is 10.2 Å². The second kappa shape index (κ2) is 6.67. The van der Waals surface area contributed by atoms with Crippen molar-refractivity contribution in [3.05, 3.63) is 24.0 Å². The zero-order valence-corrected chi connectivity index (χ0v) is 11.6. The first kappa shape index (κ1) is 14.7. The van der Waals surface area contributed by atoms with E-state index in [1.165, 1.54) is 18.2 Å². The van der Waals surface area contributed by atoms with Crippen molar-refractivity contribution >= 4 is 17.3 Å². The average Bonchev–Trinajstić information content (AvgIpc) is 2.70. The number of anilines is 2. The largest absolute Gasteiger partial charge is 0.397 e. The van der Waals surface area contributed by atoms with Crippen molar-refractivity contribution in [2.45, 2.75) is 19.4 Å². The van der Waals surface area contributed by atoms with E-state index < -0.39 is 5.82 Å². The summed E-state index contributed by atoms with van der Waals surface area (Å²) in [7, 11) is 0. The summed E-state index contributed by atoms with van der Waals surface area (Å²) >= 11 is 0. The van der Waals surface area contributed by atoms with Gasteiger partial charge in [0.15, 0.2) is 0 Å². The van der Waals surface area contributed by atoms with Crippen molar-refractivity contribution in [2.75, 3.05) is 37.4 Å². The lowest BCUT2D eigenvalue weighted by atomic mass is 10.2. The Bertz CT molecular complexity index is 473. The number of hydrogen-bond acceptors (Lipinski definition) is 4. The summed E-state index contributed by atoms with van der Waals surface area (Å²) < 4.78 is 18.3. The van der Waals surface area contributed by atoms with Crippen molar-refractivity contribution in [2.24, 2.45) is 0 Å². The Balaban J connectivity index is 1.99. The Kier molecular flexibility index (Phi) is 4.92. The highest BCUT2D eigenvalue weighted by atomic mass is 19.1. The van der Waals surface area contributed by atoms with Crippen LogP contribution < -0.4 is 11.1 Å². The van der Waals surface area contributed by atoms with Gasteiger partial charge in [0.25, 0.3) is 0 Å². The molecule has 1 aliphatic heterocycles. The number of ether oxygens (including phenoxy) is 1. The first-order chi connectivity index (χ1) is 9.58. The first-order valence-corrected chi connectivity index (χ1v) is 6.75. The molecular weight excluding hydrogens is 261 g/mol. The highest BCUT2D eigenvalue weighted by molar-refractivity contribution is 5.97. The van der Waals surface area contributed by atoms with Crippen LogP contribution in [0.4, 0.5) is 15.8 Å². The first-order valence-electron chi connectivity index (χ1n) is 6.75. The van der Waals surface area contributed by atoms with E-state index >= 15 is 0 Å². The van der Waals surface area contributed by atoms with E-state index in [1.54, 1.807) is 0 Å². The van der Waals surface area contributed by atoms with Crippen LogP contribution in [0.25, 0.3) is 0 Å². The van der Waals surface area contributed by atoms with E-state index in [0.717, 1.165) is 26.1 Å². The minimum Gasteiger partial charge on any atom is -0.397 e. The van der Waals surface area contributed by atoms with Gasteiger partial charge in [-0.1, -0.05) is 0 Å². The average molecular weight is 281 g/mol. The third-order valence-electron chi connectivity index (χ3n) is 3.46. The number of carbonyl (C=O) groups excluding carboxylic acids is 1. The number of nitrogens with zero attached hydrogens (tertiary/aromatic N) is 1. The molecule has 1 aromatic rings. The molecule has 1 saturated heterocycles. The minimum absolute atomic E-state index is 0.148. The number of rotatable bonds is 3. The molecule has 2 rings (SSSR count). The van der Waals surface area contributed by atoms with Crippen LogP contribution in [-0.4, -0.2) is 43.2 Å². The van der Waals surface area contributed by atoms with Crippen molar-refractivity contribution in [3.8, 4) is 0 Å². The molecule has 0 radical (unpaired) electrons. The smallest absolute Gasteiger partial charge is 0.241 e. The van der Waals surface area contributed by atoms with Gasteiger partial charge in [0, 0.05) is 19.7 Å². The van der Waals surface area contributed by atoms with Gasteiger partial charge in [0.1, 0.15) is 5.82 Å². The van der Waals surface area contributed by atoms with Crippen LogP contribution in [0.1, 0.15) is 13.3 Å². The lowest BCUT2D eigenvalue weighted by molar-refractivity contribution is -0.120. The van der Waals surface area contributed by atoms with Crippen LogP contribution in [0.15, 0.2) is 18.2 Å². The number of benzene rings is 1. The molecule has 1 aromatic carbocycles. The Labute approximate surface area is 117 Å². The number of hydrogen-bond donors (Lipinski definition) is 2. The maximum atomic E-state index is 13.0. The number of nitrogens with one attached hydrogen (secondary N) is 1. The second-order valence-electron chi connectivity index (χ2n) is 4.90. The highest BCUT2D eigenvalue weighted by Crippen LogP contribution is 2.19. The molecule has 0 spiro atoms. The zero-order valence-electron chi connectivity index (χ0n) is 11.6. The molecule has 0 saturated carbocycles. The fourth-order valence-electron chi connectivity index (χ4n) is 2.20. The number of nitrogen functional groups attached to an aromatic ring is 1. The van der Waals surface area contributed by atoms with E-state index in [0.29, 0.717) is 12.3 Å². The van der Waals surface area contributed by atoms with Gasteiger partial charge in [0.2, 0.25) is 5.91 Å². The summed E-state index contributed by atoms with van der Waals surface area (Å²) in [6.07, 6.45) is 0.913. The molecule has 0 bridgehead atoms. The van der Waals surface area contributed by atoms with E-state index in [-0.39, 0.29) is 17.6 Å². The molecule has 1 aliphatic rings. The van der Waals surface area contributed by atoms with Crippen LogP contribution in [0.2, 0.25) is 0 Å². The lowest BCUT2D eigenvalue weighted by Crippen LogP contribution is -2.43. The van der Waals surface area contributed by atoms with Gasteiger partial charge in [0.05, 0.1) is 24.0 Å². The maximum absolute atomic E-state index is 13.0. The van der Waals surface area contributed by atoms with Crippen LogP contribution in [-0.2, 0) is 9.53 Å². The Morgan fingerprint density at radius 1 is 1.45 bits per heavy atom. The Morgan fingerprint density at radius 2 is 2.25 bits per heavy atom. The molecule has 0 aromatic heterocycles. The molecule has 20 heavy (non-hydrogen) atoms. The van der Waals surface area contributed by atoms with Gasteiger partial charge in [-0.2, -0.15) is 0 Å². The number of halogens is 1. The van der Waals surface area contributed by atoms with Crippen molar-refractivity contribution in [1.29, 1.82) is 0 Å². The van der Waals surface area contributed by atoms with Gasteiger partial charge in [-0.05, 0) is 31.5 Å². The van der Waals surface area contributed by atoms with Gasteiger partial charge < -0.3 is 15.8 Å². The third-order valence-corrected chi connectivity index (χ3v) is 3.46. The standard InChI is InChI=1S/C14H20FN3O2/c1-10(18-5-2-7-20-8-6-18)14(19)17-13-4-3-11(15)9-12(13)16/h3-4,9-10H,2,5-8,16H2,1H3,(H,17,19). The topological polar surface area (TPSA) is 67.6 Å². The molecular formula is C14H20FN3O2. The number of nitrogens with two attached hydrogens (primary N) is 1.